The topological polar surface area (TPSA) is 68.5 Å². The lowest BCUT2D eigenvalue weighted by Gasteiger charge is -2.32. The number of piperidine rings is 1. The van der Waals surface area contributed by atoms with Crippen LogP contribution in [0.15, 0.2) is 64.2 Å². The Morgan fingerprint density at radius 3 is 2.62 bits per heavy atom. The second kappa shape index (κ2) is 10.6. The lowest BCUT2D eigenvalue weighted by molar-refractivity contribution is -0.129. The number of rotatable bonds is 8. The van der Waals surface area contributed by atoms with Gasteiger partial charge in [-0.15, -0.1) is 10.2 Å². The molecule has 2 heterocycles. The molecule has 1 atom stereocenters. The predicted octanol–water partition coefficient (Wildman–Crippen LogP) is 4.92. The van der Waals surface area contributed by atoms with Crippen LogP contribution in [0, 0.1) is 11.7 Å². The van der Waals surface area contributed by atoms with Crippen LogP contribution in [0.25, 0.3) is 0 Å². The SMILES string of the molecule is CC(Oc1ccccc1F)c1nnc(SCC(=O)N2CCC(Cc3ccccc3)CC2)o1. The van der Waals surface area contributed by atoms with Crippen molar-refractivity contribution in [3.05, 3.63) is 71.9 Å². The lowest BCUT2D eigenvalue weighted by Crippen LogP contribution is -2.39. The van der Waals surface area contributed by atoms with Crippen molar-refractivity contribution in [1.82, 2.24) is 15.1 Å². The van der Waals surface area contributed by atoms with Crippen LogP contribution >= 0.6 is 11.8 Å². The van der Waals surface area contributed by atoms with E-state index in [-0.39, 0.29) is 23.3 Å². The van der Waals surface area contributed by atoms with Crippen LogP contribution in [0.2, 0.25) is 0 Å². The van der Waals surface area contributed by atoms with Crippen LogP contribution in [0.4, 0.5) is 4.39 Å². The Balaban J connectivity index is 1.22. The number of aromatic nitrogens is 2. The van der Waals surface area contributed by atoms with Crippen molar-refractivity contribution >= 4 is 17.7 Å². The molecule has 0 aliphatic carbocycles. The Bertz CT molecular complexity index is 1020. The molecule has 1 amide bonds. The third-order valence-electron chi connectivity index (χ3n) is 5.56. The average molecular weight is 456 g/mol. The highest BCUT2D eigenvalue weighted by Crippen LogP contribution is 2.26. The number of halogens is 1. The van der Waals surface area contributed by atoms with E-state index in [1.165, 1.54) is 23.4 Å². The van der Waals surface area contributed by atoms with Crippen molar-refractivity contribution in [3.63, 3.8) is 0 Å². The number of ether oxygens (including phenoxy) is 1. The van der Waals surface area contributed by atoms with Crippen LogP contribution in [0.3, 0.4) is 0 Å². The number of likely N-dealkylation sites (tertiary alicyclic amines) is 1. The first-order chi connectivity index (χ1) is 15.6. The van der Waals surface area contributed by atoms with Gasteiger partial charge in [0.15, 0.2) is 17.7 Å². The Hall–Kier alpha value is -2.87. The molecule has 0 N–H and O–H groups in total. The molecule has 4 rings (SSSR count). The monoisotopic (exact) mass is 455 g/mol. The van der Waals surface area contributed by atoms with Crippen LogP contribution < -0.4 is 4.74 Å². The van der Waals surface area contributed by atoms with Crippen LogP contribution in [-0.4, -0.2) is 39.8 Å². The van der Waals surface area contributed by atoms with Gasteiger partial charge in [0.25, 0.3) is 11.1 Å². The Kier molecular flexibility index (Phi) is 7.42. The van der Waals surface area contributed by atoms with E-state index in [2.05, 4.69) is 34.5 Å². The highest BCUT2D eigenvalue weighted by Gasteiger charge is 2.24. The molecule has 1 unspecified atom stereocenters. The molecule has 32 heavy (non-hydrogen) atoms. The smallest absolute Gasteiger partial charge is 0.277 e. The number of hydrogen-bond donors (Lipinski definition) is 0. The molecule has 0 radical (unpaired) electrons. The molecular formula is C24H26FN3O3S. The number of thioether (sulfide) groups is 1. The predicted molar refractivity (Wildman–Crippen MR) is 120 cm³/mol. The van der Waals surface area contributed by atoms with Gasteiger partial charge in [-0.1, -0.05) is 54.2 Å². The molecule has 1 saturated heterocycles. The molecule has 0 saturated carbocycles. The van der Waals surface area contributed by atoms with E-state index in [9.17, 15) is 9.18 Å². The van der Waals surface area contributed by atoms with Crippen molar-refractivity contribution in [2.45, 2.75) is 37.5 Å². The lowest BCUT2D eigenvalue weighted by atomic mass is 9.90. The maximum absolute atomic E-state index is 13.8. The highest BCUT2D eigenvalue weighted by atomic mass is 32.2. The number of nitrogens with zero attached hydrogens (tertiary/aromatic N) is 3. The first-order valence-electron chi connectivity index (χ1n) is 10.8. The Morgan fingerprint density at radius 1 is 1.16 bits per heavy atom. The zero-order chi connectivity index (χ0) is 22.3. The molecule has 1 fully saturated rings. The second-order valence-corrected chi connectivity index (χ2v) is 8.83. The second-order valence-electron chi connectivity index (χ2n) is 7.90. The minimum Gasteiger partial charge on any atom is -0.478 e. The maximum Gasteiger partial charge on any atom is 0.277 e. The Labute approximate surface area is 191 Å². The first-order valence-corrected chi connectivity index (χ1v) is 11.8. The summed E-state index contributed by atoms with van der Waals surface area (Å²) in [6.07, 6.45) is 2.49. The number of carbonyl (C=O) groups is 1. The van der Waals surface area contributed by atoms with E-state index < -0.39 is 11.9 Å². The molecule has 1 aromatic heterocycles. The zero-order valence-corrected chi connectivity index (χ0v) is 18.8. The van der Waals surface area contributed by atoms with Gasteiger partial charge in [-0.05, 0) is 49.8 Å². The molecule has 0 spiro atoms. The fraction of sp³-hybridized carbons (Fsp3) is 0.375. The minimum absolute atomic E-state index is 0.0727. The number of benzene rings is 2. The van der Waals surface area contributed by atoms with Crippen LogP contribution in [0.5, 0.6) is 5.75 Å². The normalized spacial score (nSPS) is 15.5. The van der Waals surface area contributed by atoms with Gasteiger partial charge in [-0.2, -0.15) is 0 Å². The molecule has 0 bridgehead atoms. The van der Waals surface area contributed by atoms with Crippen molar-refractivity contribution in [1.29, 1.82) is 0 Å². The molecule has 168 valence electrons. The fourth-order valence-electron chi connectivity index (χ4n) is 3.77. The van der Waals surface area contributed by atoms with Gasteiger partial charge in [-0.3, -0.25) is 4.79 Å². The molecule has 8 heteroatoms. The number of amides is 1. The molecule has 2 aromatic carbocycles. The summed E-state index contributed by atoms with van der Waals surface area (Å²) in [5.74, 6) is 0.843. The van der Waals surface area contributed by atoms with E-state index in [4.69, 9.17) is 9.15 Å². The number of carbonyl (C=O) groups excluding carboxylic acids is 1. The van der Waals surface area contributed by atoms with Gasteiger partial charge in [0.05, 0.1) is 5.75 Å². The standard InChI is InChI=1S/C24H26FN3O3S/c1-17(30-21-10-6-5-9-20(21)25)23-26-27-24(31-23)32-16-22(29)28-13-11-19(12-14-28)15-18-7-3-2-4-8-18/h2-10,17,19H,11-16H2,1H3. The fourth-order valence-corrected chi connectivity index (χ4v) is 4.45. The molecule has 1 aliphatic rings. The molecule has 6 nitrogen and oxygen atoms in total. The van der Waals surface area contributed by atoms with Gasteiger partial charge in [0.1, 0.15) is 0 Å². The summed E-state index contributed by atoms with van der Waals surface area (Å²) in [6, 6.07) is 16.7. The quantitative estimate of drug-likeness (QED) is 0.449. The largest absolute Gasteiger partial charge is 0.478 e. The third-order valence-corrected chi connectivity index (χ3v) is 6.37. The van der Waals surface area contributed by atoms with Crippen LogP contribution in [-0.2, 0) is 11.2 Å². The summed E-state index contributed by atoms with van der Waals surface area (Å²) in [6.45, 7) is 3.26. The maximum atomic E-state index is 13.8. The van der Waals surface area contributed by atoms with E-state index in [1.807, 2.05) is 11.0 Å². The number of para-hydroxylation sites is 1. The van der Waals surface area contributed by atoms with Crippen molar-refractivity contribution in [2.75, 3.05) is 18.8 Å². The summed E-state index contributed by atoms with van der Waals surface area (Å²) in [4.78, 5) is 14.5. The first kappa shape index (κ1) is 22.3. The Morgan fingerprint density at radius 2 is 1.88 bits per heavy atom. The van der Waals surface area contributed by atoms with E-state index in [1.54, 1.807) is 25.1 Å². The van der Waals surface area contributed by atoms with Gasteiger partial charge < -0.3 is 14.1 Å². The molecule has 1 aliphatic heterocycles. The van der Waals surface area contributed by atoms with Crippen molar-refractivity contribution in [2.24, 2.45) is 5.92 Å². The summed E-state index contributed by atoms with van der Waals surface area (Å²) in [7, 11) is 0. The summed E-state index contributed by atoms with van der Waals surface area (Å²) >= 11 is 1.21. The van der Waals surface area contributed by atoms with Crippen molar-refractivity contribution < 1.29 is 18.3 Å². The van der Waals surface area contributed by atoms with Crippen molar-refractivity contribution in [3.8, 4) is 5.75 Å². The highest BCUT2D eigenvalue weighted by molar-refractivity contribution is 7.99. The van der Waals surface area contributed by atoms with Gasteiger partial charge >= 0.3 is 0 Å². The van der Waals surface area contributed by atoms with E-state index >= 15 is 0 Å². The molecule has 3 aromatic rings. The number of hydrogen-bond acceptors (Lipinski definition) is 6. The van der Waals surface area contributed by atoms with Gasteiger partial charge in [0.2, 0.25) is 5.91 Å². The third kappa shape index (κ3) is 5.88. The zero-order valence-electron chi connectivity index (χ0n) is 17.9. The summed E-state index contributed by atoms with van der Waals surface area (Å²) in [5, 5.41) is 8.25. The minimum atomic E-state index is -0.604. The average Bonchev–Trinajstić information content (AvgIpc) is 3.29. The van der Waals surface area contributed by atoms with E-state index in [0.29, 0.717) is 11.1 Å². The van der Waals surface area contributed by atoms with Crippen LogP contribution in [0.1, 0.15) is 37.3 Å². The van der Waals surface area contributed by atoms with Gasteiger partial charge in [-0.25, -0.2) is 4.39 Å². The van der Waals surface area contributed by atoms with Gasteiger partial charge in [0, 0.05) is 13.1 Å². The summed E-state index contributed by atoms with van der Waals surface area (Å²) in [5.41, 5.74) is 1.35. The molecular weight excluding hydrogens is 429 g/mol. The van der Waals surface area contributed by atoms with E-state index in [0.717, 1.165) is 32.4 Å². The summed E-state index contributed by atoms with van der Waals surface area (Å²) < 4.78 is 24.9.